The Hall–Kier alpha value is -1.68. The van der Waals surface area contributed by atoms with E-state index in [0.29, 0.717) is 0 Å². The quantitative estimate of drug-likeness (QED) is 0.788. The zero-order chi connectivity index (χ0) is 10.5. The third-order valence-corrected chi connectivity index (χ3v) is 2.16. The first-order chi connectivity index (χ1) is 7.34. The first kappa shape index (κ1) is 9.86. The van der Waals surface area contributed by atoms with E-state index in [1.807, 2.05) is 31.6 Å². The van der Waals surface area contributed by atoms with Gasteiger partial charge in [0.25, 0.3) is 0 Å². The second-order valence-corrected chi connectivity index (χ2v) is 3.54. The predicted octanol–water partition coefficient (Wildman–Crippen LogP) is 1.40. The molecule has 0 atom stereocenters. The van der Waals surface area contributed by atoms with Crippen molar-refractivity contribution in [3.8, 4) is 0 Å². The molecule has 4 nitrogen and oxygen atoms in total. The molecule has 0 aliphatic carbocycles. The number of pyridine rings is 1. The minimum Gasteiger partial charge on any atom is -0.307 e. The van der Waals surface area contributed by atoms with Crippen LogP contribution in [0.15, 0.2) is 30.7 Å². The number of hydrogen-bond acceptors (Lipinski definition) is 3. The molecule has 0 unspecified atom stereocenters. The lowest BCUT2D eigenvalue weighted by Gasteiger charge is -2.02. The molecular weight excluding hydrogens is 188 g/mol. The summed E-state index contributed by atoms with van der Waals surface area (Å²) in [6.07, 6.45) is 5.58. The third-order valence-electron chi connectivity index (χ3n) is 2.16. The van der Waals surface area contributed by atoms with Crippen molar-refractivity contribution in [3.63, 3.8) is 0 Å². The molecule has 15 heavy (non-hydrogen) atoms. The highest BCUT2D eigenvalue weighted by Crippen LogP contribution is 1.99. The van der Waals surface area contributed by atoms with E-state index in [1.54, 1.807) is 0 Å². The van der Waals surface area contributed by atoms with Crippen molar-refractivity contribution in [3.05, 3.63) is 47.5 Å². The molecule has 78 valence electrons. The first-order valence-electron chi connectivity index (χ1n) is 4.94. The number of aryl methyl sites for hydroxylation is 1. The lowest BCUT2D eigenvalue weighted by molar-refractivity contribution is 0.679. The Morgan fingerprint density at radius 1 is 1.27 bits per heavy atom. The maximum absolute atomic E-state index is 4.31. The lowest BCUT2D eigenvalue weighted by Crippen LogP contribution is -2.13. The van der Waals surface area contributed by atoms with Crippen LogP contribution in [0.25, 0.3) is 0 Å². The summed E-state index contributed by atoms with van der Waals surface area (Å²) < 4.78 is 0. The Labute approximate surface area is 88.8 Å². The average Bonchev–Trinajstić information content (AvgIpc) is 2.74. The summed E-state index contributed by atoms with van der Waals surface area (Å²) in [5.74, 6) is 0. The summed E-state index contributed by atoms with van der Waals surface area (Å²) in [6, 6.07) is 4.11. The molecular formula is C11H14N4. The van der Waals surface area contributed by atoms with Crippen LogP contribution in [0.1, 0.15) is 16.8 Å². The van der Waals surface area contributed by atoms with Gasteiger partial charge in [-0.1, -0.05) is 6.07 Å². The summed E-state index contributed by atoms with van der Waals surface area (Å²) in [4.78, 5) is 4.31. The number of nitrogens with one attached hydrogen (secondary N) is 2. The predicted molar refractivity (Wildman–Crippen MR) is 58.1 cm³/mol. The van der Waals surface area contributed by atoms with E-state index < -0.39 is 0 Å². The number of nitrogens with zero attached hydrogens (tertiary/aromatic N) is 2. The van der Waals surface area contributed by atoms with Crippen LogP contribution in [0.2, 0.25) is 0 Å². The van der Waals surface area contributed by atoms with Crippen molar-refractivity contribution in [1.29, 1.82) is 0 Å². The Morgan fingerprint density at radius 2 is 2.20 bits per heavy atom. The normalized spacial score (nSPS) is 10.5. The Morgan fingerprint density at radius 3 is 2.87 bits per heavy atom. The van der Waals surface area contributed by atoms with E-state index in [2.05, 4.69) is 26.6 Å². The van der Waals surface area contributed by atoms with Gasteiger partial charge in [-0.05, 0) is 18.6 Å². The van der Waals surface area contributed by atoms with E-state index in [4.69, 9.17) is 0 Å². The summed E-state index contributed by atoms with van der Waals surface area (Å²) >= 11 is 0. The fourth-order valence-electron chi connectivity index (χ4n) is 1.31. The molecule has 0 aliphatic heterocycles. The SMILES string of the molecule is Cc1ccc(CNCc2cn[nH]c2)nc1. The fourth-order valence-corrected chi connectivity index (χ4v) is 1.31. The maximum atomic E-state index is 4.31. The topological polar surface area (TPSA) is 53.6 Å². The summed E-state index contributed by atoms with van der Waals surface area (Å²) in [7, 11) is 0. The van der Waals surface area contributed by atoms with Crippen LogP contribution in [-0.4, -0.2) is 15.2 Å². The number of H-pyrrole nitrogens is 1. The second kappa shape index (κ2) is 4.70. The van der Waals surface area contributed by atoms with Gasteiger partial charge in [-0.3, -0.25) is 10.1 Å². The molecule has 0 saturated carbocycles. The highest BCUT2D eigenvalue weighted by molar-refractivity contribution is 5.12. The maximum Gasteiger partial charge on any atom is 0.0541 e. The molecule has 4 heteroatoms. The van der Waals surface area contributed by atoms with Crippen molar-refractivity contribution >= 4 is 0 Å². The Kier molecular flexibility index (Phi) is 3.09. The van der Waals surface area contributed by atoms with Gasteiger partial charge in [0.15, 0.2) is 0 Å². The number of aromatic amines is 1. The smallest absolute Gasteiger partial charge is 0.0541 e. The second-order valence-electron chi connectivity index (χ2n) is 3.54. The molecule has 0 amide bonds. The lowest BCUT2D eigenvalue weighted by atomic mass is 10.2. The largest absolute Gasteiger partial charge is 0.307 e. The summed E-state index contributed by atoms with van der Waals surface area (Å²) in [6.45, 7) is 3.63. The molecule has 2 aromatic heterocycles. The highest BCUT2D eigenvalue weighted by atomic mass is 15.1. The zero-order valence-corrected chi connectivity index (χ0v) is 8.70. The molecule has 2 rings (SSSR count). The van der Waals surface area contributed by atoms with E-state index >= 15 is 0 Å². The van der Waals surface area contributed by atoms with Crippen LogP contribution in [0.3, 0.4) is 0 Å². The van der Waals surface area contributed by atoms with E-state index in [-0.39, 0.29) is 0 Å². The van der Waals surface area contributed by atoms with E-state index in [0.717, 1.165) is 24.3 Å². The number of aromatic nitrogens is 3. The molecule has 2 heterocycles. The highest BCUT2D eigenvalue weighted by Gasteiger charge is 1.95. The monoisotopic (exact) mass is 202 g/mol. The van der Waals surface area contributed by atoms with Crippen molar-refractivity contribution in [2.24, 2.45) is 0 Å². The van der Waals surface area contributed by atoms with Crippen LogP contribution in [0.4, 0.5) is 0 Å². The van der Waals surface area contributed by atoms with Crippen molar-refractivity contribution in [2.45, 2.75) is 20.0 Å². The summed E-state index contributed by atoms with van der Waals surface area (Å²) in [5.41, 5.74) is 3.40. The zero-order valence-electron chi connectivity index (χ0n) is 8.70. The molecule has 0 fully saturated rings. The number of hydrogen-bond donors (Lipinski definition) is 2. The molecule has 0 aromatic carbocycles. The van der Waals surface area contributed by atoms with Crippen LogP contribution >= 0.6 is 0 Å². The van der Waals surface area contributed by atoms with Gasteiger partial charge < -0.3 is 5.32 Å². The molecule has 0 radical (unpaired) electrons. The van der Waals surface area contributed by atoms with Crippen LogP contribution in [0.5, 0.6) is 0 Å². The van der Waals surface area contributed by atoms with Gasteiger partial charge in [-0.15, -0.1) is 0 Å². The molecule has 2 N–H and O–H groups in total. The van der Waals surface area contributed by atoms with E-state index in [9.17, 15) is 0 Å². The molecule has 0 saturated heterocycles. The number of rotatable bonds is 4. The van der Waals surface area contributed by atoms with Crippen molar-refractivity contribution < 1.29 is 0 Å². The van der Waals surface area contributed by atoms with Gasteiger partial charge in [0, 0.05) is 31.0 Å². The van der Waals surface area contributed by atoms with Crippen LogP contribution in [0, 0.1) is 6.92 Å². The van der Waals surface area contributed by atoms with Gasteiger partial charge in [0.2, 0.25) is 0 Å². The van der Waals surface area contributed by atoms with Crippen molar-refractivity contribution in [2.75, 3.05) is 0 Å². The minimum atomic E-state index is 0.783. The Bertz CT molecular complexity index is 391. The summed E-state index contributed by atoms with van der Waals surface area (Å²) in [5, 5.41) is 9.96. The average molecular weight is 202 g/mol. The minimum absolute atomic E-state index is 0.783. The molecule has 0 bridgehead atoms. The first-order valence-corrected chi connectivity index (χ1v) is 4.94. The van der Waals surface area contributed by atoms with Crippen molar-refractivity contribution in [1.82, 2.24) is 20.5 Å². The van der Waals surface area contributed by atoms with Gasteiger partial charge >= 0.3 is 0 Å². The standard InChI is InChI=1S/C11H14N4/c1-9-2-3-11(13-4-9)8-12-5-10-6-14-15-7-10/h2-4,6-7,12H,5,8H2,1H3,(H,14,15). The van der Waals surface area contributed by atoms with Gasteiger partial charge in [-0.2, -0.15) is 5.10 Å². The molecule has 0 spiro atoms. The molecule has 0 aliphatic rings. The van der Waals surface area contributed by atoms with Gasteiger partial charge in [0.1, 0.15) is 0 Å². The van der Waals surface area contributed by atoms with Crippen LogP contribution < -0.4 is 5.32 Å². The van der Waals surface area contributed by atoms with Gasteiger partial charge in [-0.25, -0.2) is 0 Å². The third kappa shape index (κ3) is 2.89. The fraction of sp³-hybridized carbons (Fsp3) is 0.273. The Balaban J connectivity index is 1.81. The van der Waals surface area contributed by atoms with E-state index in [1.165, 1.54) is 5.56 Å². The van der Waals surface area contributed by atoms with Crippen LogP contribution in [-0.2, 0) is 13.1 Å². The molecule has 2 aromatic rings. The van der Waals surface area contributed by atoms with Gasteiger partial charge in [0.05, 0.1) is 11.9 Å².